The minimum Gasteiger partial charge on any atom is -0.326 e. The van der Waals surface area contributed by atoms with Crippen molar-refractivity contribution in [2.75, 3.05) is 18.4 Å². The van der Waals surface area contributed by atoms with Crippen LogP contribution in [-0.4, -0.2) is 36.7 Å². The van der Waals surface area contributed by atoms with Crippen molar-refractivity contribution >= 4 is 43.2 Å². The number of nitrogens with zero attached hydrogens (tertiary/aromatic N) is 1. The highest BCUT2D eigenvalue weighted by Crippen LogP contribution is 2.30. The number of alkyl halides is 3. The fourth-order valence-electron chi connectivity index (χ4n) is 3.58. The quantitative estimate of drug-likeness (QED) is 0.589. The van der Waals surface area contributed by atoms with Crippen LogP contribution in [0.5, 0.6) is 0 Å². The van der Waals surface area contributed by atoms with Crippen LogP contribution in [0, 0.1) is 5.92 Å². The van der Waals surface area contributed by atoms with Gasteiger partial charge in [0.15, 0.2) is 0 Å². The summed E-state index contributed by atoms with van der Waals surface area (Å²) in [6.45, 7) is 0.268. The topological polar surface area (TPSA) is 99.3 Å². The molecule has 12 heteroatoms. The standard InChI is InChI=1S/C20H18F3N3O4S2/c21-20(22,23)13-1-3-14(4-2-13)24-18(27)12-7-9-26(10-8-12)32(29,30)15-5-6-16-17(11-15)31-19(28)25-16/h1-6,11-12H,7-10H2,(H,24,27)(H,25,28). The lowest BCUT2D eigenvalue weighted by Gasteiger charge is -2.30. The number of anilines is 1. The number of piperidine rings is 1. The fraction of sp³-hybridized carbons (Fsp3) is 0.300. The Labute approximate surface area is 184 Å². The van der Waals surface area contributed by atoms with E-state index < -0.39 is 27.7 Å². The summed E-state index contributed by atoms with van der Waals surface area (Å²) in [7, 11) is -3.79. The van der Waals surface area contributed by atoms with Gasteiger partial charge in [0.1, 0.15) is 0 Å². The summed E-state index contributed by atoms with van der Waals surface area (Å²) in [6, 6.07) is 8.59. The number of nitrogens with one attached hydrogen (secondary N) is 2. The molecule has 1 aliphatic heterocycles. The van der Waals surface area contributed by atoms with Crippen LogP contribution in [-0.2, 0) is 21.0 Å². The number of amides is 1. The van der Waals surface area contributed by atoms with E-state index >= 15 is 0 Å². The Hall–Kier alpha value is -2.70. The van der Waals surface area contributed by atoms with E-state index in [0.29, 0.717) is 10.2 Å². The number of H-pyrrole nitrogens is 1. The first-order chi connectivity index (χ1) is 15.0. The van der Waals surface area contributed by atoms with Gasteiger partial charge in [-0.3, -0.25) is 9.59 Å². The predicted octanol–water partition coefficient (Wildman–Crippen LogP) is 3.65. The first-order valence-corrected chi connectivity index (χ1v) is 11.9. The average molecular weight is 486 g/mol. The second-order valence-electron chi connectivity index (χ2n) is 7.42. The molecule has 1 aliphatic rings. The smallest absolute Gasteiger partial charge is 0.326 e. The van der Waals surface area contributed by atoms with Crippen LogP contribution in [0.1, 0.15) is 18.4 Å². The van der Waals surface area contributed by atoms with Gasteiger partial charge in [-0.1, -0.05) is 11.3 Å². The zero-order valence-corrected chi connectivity index (χ0v) is 18.1. The molecule has 2 N–H and O–H groups in total. The third-order valence-electron chi connectivity index (χ3n) is 5.33. The van der Waals surface area contributed by atoms with Crippen molar-refractivity contribution in [3.8, 4) is 0 Å². The number of aromatic nitrogens is 1. The van der Waals surface area contributed by atoms with Crippen molar-refractivity contribution < 1.29 is 26.4 Å². The number of carbonyl (C=O) groups excluding carboxylic acids is 1. The number of thiazole rings is 1. The zero-order chi connectivity index (χ0) is 23.1. The number of fused-ring (bicyclic) bond motifs is 1. The van der Waals surface area contributed by atoms with Crippen molar-refractivity contribution in [3.05, 3.63) is 57.7 Å². The fourth-order valence-corrected chi connectivity index (χ4v) is 5.93. The molecule has 2 heterocycles. The molecule has 1 fully saturated rings. The average Bonchev–Trinajstić information content (AvgIpc) is 3.12. The van der Waals surface area contributed by atoms with Crippen molar-refractivity contribution in [1.29, 1.82) is 0 Å². The summed E-state index contributed by atoms with van der Waals surface area (Å²) in [5, 5.41) is 2.59. The molecule has 0 atom stereocenters. The predicted molar refractivity (Wildman–Crippen MR) is 114 cm³/mol. The molecule has 0 spiro atoms. The summed E-state index contributed by atoms with van der Waals surface area (Å²) in [5.74, 6) is -0.818. The largest absolute Gasteiger partial charge is 0.416 e. The van der Waals surface area contributed by atoms with E-state index in [1.54, 1.807) is 6.07 Å². The molecule has 2 aromatic carbocycles. The Morgan fingerprint density at radius 3 is 2.38 bits per heavy atom. The second-order valence-corrected chi connectivity index (χ2v) is 10.4. The molecule has 1 amide bonds. The number of benzene rings is 2. The van der Waals surface area contributed by atoms with Crippen molar-refractivity contribution in [2.24, 2.45) is 5.92 Å². The van der Waals surface area contributed by atoms with E-state index in [2.05, 4.69) is 10.3 Å². The Bertz CT molecular complexity index is 1310. The van der Waals surface area contributed by atoms with Gasteiger partial charge in [0, 0.05) is 24.7 Å². The summed E-state index contributed by atoms with van der Waals surface area (Å²) >= 11 is 0.927. The normalized spacial score (nSPS) is 16.3. The monoisotopic (exact) mass is 485 g/mol. The lowest BCUT2D eigenvalue weighted by Crippen LogP contribution is -2.41. The summed E-state index contributed by atoms with van der Waals surface area (Å²) in [6.07, 6.45) is -3.89. The van der Waals surface area contributed by atoms with Crippen molar-refractivity contribution in [1.82, 2.24) is 9.29 Å². The zero-order valence-electron chi connectivity index (χ0n) is 16.5. The molecular formula is C20H18F3N3O4S2. The lowest BCUT2D eigenvalue weighted by molar-refractivity contribution is -0.137. The van der Waals surface area contributed by atoms with Gasteiger partial charge in [-0.05, 0) is 55.3 Å². The summed E-state index contributed by atoms with van der Waals surface area (Å²) in [4.78, 5) is 26.4. The Morgan fingerprint density at radius 2 is 1.75 bits per heavy atom. The van der Waals surface area contributed by atoms with Gasteiger partial charge in [-0.15, -0.1) is 0 Å². The van der Waals surface area contributed by atoms with E-state index in [-0.39, 0.29) is 47.3 Å². The minimum absolute atomic E-state index is 0.0768. The van der Waals surface area contributed by atoms with Crippen LogP contribution < -0.4 is 10.2 Å². The van der Waals surface area contributed by atoms with E-state index in [0.717, 1.165) is 23.5 Å². The minimum atomic E-state index is -4.45. The highest BCUT2D eigenvalue weighted by atomic mass is 32.2. The molecule has 0 aliphatic carbocycles. The van der Waals surface area contributed by atoms with E-state index in [4.69, 9.17) is 0 Å². The molecule has 3 aromatic rings. The summed E-state index contributed by atoms with van der Waals surface area (Å²) < 4.78 is 65.7. The molecule has 0 saturated carbocycles. The molecule has 7 nitrogen and oxygen atoms in total. The molecule has 32 heavy (non-hydrogen) atoms. The maximum Gasteiger partial charge on any atom is 0.416 e. The first-order valence-electron chi connectivity index (χ1n) is 9.65. The van der Waals surface area contributed by atoms with Crippen LogP contribution in [0.15, 0.2) is 52.2 Å². The van der Waals surface area contributed by atoms with Gasteiger partial charge in [0.05, 0.1) is 20.7 Å². The lowest BCUT2D eigenvalue weighted by atomic mass is 9.97. The second kappa shape index (κ2) is 8.34. The SMILES string of the molecule is O=C(Nc1ccc(C(F)(F)F)cc1)C1CCN(S(=O)(=O)c2ccc3[nH]c(=O)sc3c2)CC1. The highest BCUT2D eigenvalue weighted by Gasteiger charge is 2.33. The molecule has 0 unspecified atom stereocenters. The van der Waals surface area contributed by atoms with Crippen molar-refractivity contribution in [3.63, 3.8) is 0 Å². The summed E-state index contributed by atoms with van der Waals surface area (Å²) in [5.41, 5.74) is 0.00793. The van der Waals surface area contributed by atoms with Crippen LogP contribution in [0.2, 0.25) is 0 Å². The van der Waals surface area contributed by atoms with Crippen LogP contribution in [0.3, 0.4) is 0 Å². The maximum absolute atomic E-state index is 13.0. The Kier molecular flexibility index (Phi) is 5.86. The molecule has 1 saturated heterocycles. The Balaban J connectivity index is 1.39. The first kappa shape index (κ1) is 22.5. The van der Waals surface area contributed by atoms with Crippen LogP contribution in [0.25, 0.3) is 10.2 Å². The number of halogens is 3. The molecular weight excluding hydrogens is 467 g/mol. The third kappa shape index (κ3) is 4.57. The number of sulfonamides is 1. The molecule has 0 radical (unpaired) electrons. The molecule has 1 aromatic heterocycles. The number of rotatable bonds is 4. The highest BCUT2D eigenvalue weighted by molar-refractivity contribution is 7.89. The van der Waals surface area contributed by atoms with Crippen LogP contribution >= 0.6 is 11.3 Å². The van der Waals surface area contributed by atoms with Gasteiger partial charge >= 0.3 is 11.0 Å². The van der Waals surface area contributed by atoms with Gasteiger partial charge in [0.2, 0.25) is 15.9 Å². The molecule has 170 valence electrons. The van der Waals surface area contributed by atoms with E-state index in [1.165, 1.54) is 28.6 Å². The van der Waals surface area contributed by atoms with Gasteiger partial charge in [-0.25, -0.2) is 8.42 Å². The van der Waals surface area contributed by atoms with Gasteiger partial charge < -0.3 is 10.3 Å². The number of carbonyl (C=O) groups is 1. The van der Waals surface area contributed by atoms with E-state index in [9.17, 15) is 31.2 Å². The van der Waals surface area contributed by atoms with Gasteiger partial charge in [0.25, 0.3) is 0 Å². The van der Waals surface area contributed by atoms with E-state index in [1.807, 2.05) is 0 Å². The number of hydrogen-bond acceptors (Lipinski definition) is 5. The maximum atomic E-state index is 13.0. The number of aromatic amines is 1. The Morgan fingerprint density at radius 1 is 1.09 bits per heavy atom. The molecule has 4 rings (SSSR count). The van der Waals surface area contributed by atoms with Crippen LogP contribution in [0.4, 0.5) is 18.9 Å². The van der Waals surface area contributed by atoms with Crippen molar-refractivity contribution in [2.45, 2.75) is 23.9 Å². The third-order valence-corrected chi connectivity index (χ3v) is 8.07. The van der Waals surface area contributed by atoms with Gasteiger partial charge in [-0.2, -0.15) is 17.5 Å². The number of hydrogen-bond donors (Lipinski definition) is 2. The molecule has 0 bridgehead atoms.